The van der Waals surface area contributed by atoms with E-state index >= 15 is 0 Å². The van der Waals surface area contributed by atoms with Gasteiger partial charge in [-0.2, -0.15) is 0 Å². The molecule has 2 unspecified atom stereocenters. The van der Waals surface area contributed by atoms with Gasteiger partial charge in [0.1, 0.15) is 0 Å². The second kappa shape index (κ2) is 5.56. The van der Waals surface area contributed by atoms with E-state index in [0.717, 1.165) is 13.0 Å². The van der Waals surface area contributed by atoms with Gasteiger partial charge in [0, 0.05) is 6.04 Å². The molecule has 0 bridgehead atoms. The molecule has 0 aromatic heterocycles. The molecule has 0 saturated carbocycles. The maximum absolute atomic E-state index is 9.06. The SMILES string of the molecule is CC(O)CC(C)CNC(C)C. The fourth-order valence-electron chi connectivity index (χ4n) is 1.10. The molecule has 0 fully saturated rings. The molecule has 0 saturated heterocycles. The van der Waals surface area contributed by atoms with Crippen LogP contribution in [0.3, 0.4) is 0 Å². The number of aliphatic hydroxyl groups excluding tert-OH is 1. The Morgan fingerprint density at radius 1 is 1.18 bits per heavy atom. The van der Waals surface area contributed by atoms with Crippen molar-refractivity contribution in [3.05, 3.63) is 0 Å². The quantitative estimate of drug-likeness (QED) is 0.635. The largest absolute Gasteiger partial charge is 0.393 e. The van der Waals surface area contributed by atoms with Gasteiger partial charge in [0.15, 0.2) is 0 Å². The summed E-state index contributed by atoms with van der Waals surface area (Å²) < 4.78 is 0. The Morgan fingerprint density at radius 3 is 2.09 bits per heavy atom. The van der Waals surface area contributed by atoms with Gasteiger partial charge in [-0.05, 0) is 25.8 Å². The average molecular weight is 159 g/mol. The molecule has 11 heavy (non-hydrogen) atoms. The van der Waals surface area contributed by atoms with Crippen LogP contribution in [0, 0.1) is 5.92 Å². The fraction of sp³-hybridized carbons (Fsp3) is 1.00. The Balaban J connectivity index is 3.29. The van der Waals surface area contributed by atoms with Crippen molar-refractivity contribution in [3.63, 3.8) is 0 Å². The van der Waals surface area contributed by atoms with Gasteiger partial charge >= 0.3 is 0 Å². The first-order valence-electron chi connectivity index (χ1n) is 4.43. The standard InChI is InChI=1S/C9H21NO/c1-7(2)10-6-8(3)5-9(4)11/h7-11H,5-6H2,1-4H3. The maximum Gasteiger partial charge on any atom is 0.0515 e. The van der Waals surface area contributed by atoms with Crippen molar-refractivity contribution in [1.29, 1.82) is 0 Å². The first-order chi connectivity index (χ1) is 5.02. The molecule has 0 aliphatic heterocycles. The summed E-state index contributed by atoms with van der Waals surface area (Å²) in [5.74, 6) is 0.567. The van der Waals surface area contributed by atoms with E-state index < -0.39 is 0 Å². The maximum atomic E-state index is 9.06. The molecule has 0 aliphatic carbocycles. The van der Waals surface area contributed by atoms with E-state index in [4.69, 9.17) is 5.11 Å². The van der Waals surface area contributed by atoms with Crippen molar-refractivity contribution < 1.29 is 5.11 Å². The normalized spacial score (nSPS) is 16.9. The number of hydrogen-bond donors (Lipinski definition) is 2. The second-order valence-corrected chi connectivity index (χ2v) is 3.75. The molecule has 0 aromatic rings. The number of nitrogens with one attached hydrogen (secondary N) is 1. The van der Waals surface area contributed by atoms with Crippen LogP contribution in [-0.4, -0.2) is 23.8 Å². The van der Waals surface area contributed by atoms with Crippen LogP contribution in [0.1, 0.15) is 34.1 Å². The fourth-order valence-corrected chi connectivity index (χ4v) is 1.10. The van der Waals surface area contributed by atoms with Crippen molar-refractivity contribution >= 4 is 0 Å². The lowest BCUT2D eigenvalue weighted by Crippen LogP contribution is -2.29. The summed E-state index contributed by atoms with van der Waals surface area (Å²) >= 11 is 0. The molecule has 68 valence electrons. The summed E-state index contributed by atoms with van der Waals surface area (Å²) in [5.41, 5.74) is 0. The minimum atomic E-state index is -0.168. The highest BCUT2D eigenvalue weighted by Gasteiger charge is 2.05. The molecular weight excluding hydrogens is 138 g/mol. The zero-order valence-electron chi connectivity index (χ0n) is 8.09. The van der Waals surface area contributed by atoms with Crippen molar-refractivity contribution in [2.24, 2.45) is 5.92 Å². The third-order valence-corrected chi connectivity index (χ3v) is 1.62. The second-order valence-electron chi connectivity index (χ2n) is 3.75. The first kappa shape index (κ1) is 10.9. The van der Waals surface area contributed by atoms with Crippen molar-refractivity contribution in [2.75, 3.05) is 6.54 Å². The highest BCUT2D eigenvalue weighted by Crippen LogP contribution is 2.03. The Morgan fingerprint density at radius 2 is 1.73 bits per heavy atom. The number of hydrogen-bond acceptors (Lipinski definition) is 2. The summed E-state index contributed by atoms with van der Waals surface area (Å²) in [4.78, 5) is 0. The van der Waals surface area contributed by atoms with Crippen molar-refractivity contribution in [2.45, 2.75) is 46.3 Å². The van der Waals surface area contributed by atoms with Crippen LogP contribution in [0.5, 0.6) is 0 Å². The molecule has 2 atom stereocenters. The third-order valence-electron chi connectivity index (χ3n) is 1.62. The third kappa shape index (κ3) is 7.82. The molecule has 2 N–H and O–H groups in total. The van der Waals surface area contributed by atoms with E-state index in [-0.39, 0.29) is 6.10 Å². The van der Waals surface area contributed by atoms with Crippen molar-refractivity contribution in [1.82, 2.24) is 5.32 Å². The van der Waals surface area contributed by atoms with Gasteiger partial charge in [-0.1, -0.05) is 20.8 Å². The molecule has 0 aromatic carbocycles. The van der Waals surface area contributed by atoms with E-state index in [0.29, 0.717) is 12.0 Å². The summed E-state index contributed by atoms with van der Waals surface area (Å²) in [6.45, 7) is 9.26. The van der Waals surface area contributed by atoms with E-state index in [2.05, 4.69) is 26.1 Å². The summed E-state index contributed by atoms with van der Waals surface area (Å²) in [7, 11) is 0. The van der Waals surface area contributed by atoms with Gasteiger partial charge in [-0.3, -0.25) is 0 Å². The van der Waals surface area contributed by atoms with Crippen LogP contribution in [0.25, 0.3) is 0 Å². The van der Waals surface area contributed by atoms with Crippen LogP contribution >= 0.6 is 0 Å². The van der Waals surface area contributed by atoms with Gasteiger partial charge in [0.05, 0.1) is 6.10 Å². The number of rotatable bonds is 5. The van der Waals surface area contributed by atoms with Crippen LogP contribution in [0.4, 0.5) is 0 Å². The lowest BCUT2D eigenvalue weighted by atomic mass is 10.0. The molecule has 2 nitrogen and oxygen atoms in total. The lowest BCUT2D eigenvalue weighted by molar-refractivity contribution is 0.162. The van der Waals surface area contributed by atoms with Crippen LogP contribution in [-0.2, 0) is 0 Å². The average Bonchev–Trinajstić information content (AvgIpc) is 1.82. The van der Waals surface area contributed by atoms with Crippen LogP contribution in [0.2, 0.25) is 0 Å². The van der Waals surface area contributed by atoms with E-state index in [1.165, 1.54) is 0 Å². The van der Waals surface area contributed by atoms with Gasteiger partial charge in [0.25, 0.3) is 0 Å². The smallest absolute Gasteiger partial charge is 0.0515 e. The Bertz CT molecular complexity index is 91.6. The molecule has 0 radical (unpaired) electrons. The highest BCUT2D eigenvalue weighted by atomic mass is 16.3. The summed E-state index contributed by atoms with van der Waals surface area (Å²) in [6, 6.07) is 0.548. The Labute approximate surface area is 70.0 Å². The van der Waals surface area contributed by atoms with Crippen molar-refractivity contribution in [3.8, 4) is 0 Å². The minimum absolute atomic E-state index is 0.168. The van der Waals surface area contributed by atoms with Crippen LogP contribution in [0.15, 0.2) is 0 Å². The van der Waals surface area contributed by atoms with E-state index in [1.807, 2.05) is 6.92 Å². The lowest BCUT2D eigenvalue weighted by Gasteiger charge is -2.15. The highest BCUT2D eigenvalue weighted by molar-refractivity contribution is 4.62. The van der Waals surface area contributed by atoms with E-state index in [9.17, 15) is 0 Å². The monoisotopic (exact) mass is 159 g/mol. The Hall–Kier alpha value is -0.0800. The predicted molar refractivity (Wildman–Crippen MR) is 48.6 cm³/mol. The zero-order valence-corrected chi connectivity index (χ0v) is 8.09. The molecule has 0 heterocycles. The first-order valence-corrected chi connectivity index (χ1v) is 4.43. The molecule has 0 amide bonds. The number of aliphatic hydroxyl groups is 1. The molecule has 0 rings (SSSR count). The Kier molecular flexibility index (Phi) is 5.51. The van der Waals surface area contributed by atoms with E-state index in [1.54, 1.807) is 0 Å². The minimum Gasteiger partial charge on any atom is -0.393 e. The topological polar surface area (TPSA) is 32.3 Å². The van der Waals surface area contributed by atoms with Gasteiger partial charge in [-0.15, -0.1) is 0 Å². The van der Waals surface area contributed by atoms with Gasteiger partial charge in [0.2, 0.25) is 0 Å². The zero-order chi connectivity index (χ0) is 8.85. The molecule has 0 aliphatic rings. The predicted octanol–water partition coefficient (Wildman–Crippen LogP) is 1.39. The molecule has 2 heteroatoms. The summed E-state index contributed by atoms with van der Waals surface area (Å²) in [5, 5.41) is 12.4. The summed E-state index contributed by atoms with van der Waals surface area (Å²) in [6.07, 6.45) is 0.721. The van der Waals surface area contributed by atoms with Crippen LogP contribution < -0.4 is 5.32 Å². The molecule has 0 spiro atoms. The molecular formula is C9H21NO. The van der Waals surface area contributed by atoms with Gasteiger partial charge in [-0.25, -0.2) is 0 Å². The van der Waals surface area contributed by atoms with Gasteiger partial charge < -0.3 is 10.4 Å².